The molecule has 21 heavy (non-hydrogen) atoms. The van der Waals surface area contributed by atoms with Crippen molar-refractivity contribution in [3.05, 3.63) is 42.0 Å². The van der Waals surface area contributed by atoms with E-state index in [-0.39, 0.29) is 5.54 Å². The summed E-state index contributed by atoms with van der Waals surface area (Å²) >= 11 is 0. The Hall–Kier alpha value is -1.88. The molecule has 0 bridgehead atoms. The molecule has 1 aliphatic heterocycles. The predicted octanol–water partition coefficient (Wildman–Crippen LogP) is 2.19. The highest BCUT2D eigenvalue weighted by Gasteiger charge is 2.17. The summed E-state index contributed by atoms with van der Waals surface area (Å²) in [7, 11) is 0. The zero-order valence-corrected chi connectivity index (χ0v) is 13.0. The van der Waals surface area contributed by atoms with Crippen molar-refractivity contribution in [2.45, 2.75) is 45.9 Å². The van der Waals surface area contributed by atoms with E-state index in [1.165, 1.54) is 11.3 Å². The molecule has 1 N–H and O–H groups in total. The van der Waals surface area contributed by atoms with Crippen LogP contribution in [-0.4, -0.2) is 26.8 Å². The van der Waals surface area contributed by atoms with Crippen LogP contribution in [0.1, 0.15) is 32.2 Å². The van der Waals surface area contributed by atoms with Gasteiger partial charge in [-0.2, -0.15) is 0 Å². The van der Waals surface area contributed by atoms with Crippen LogP contribution in [0.2, 0.25) is 0 Å². The van der Waals surface area contributed by atoms with Gasteiger partial charge in [0.1, 0.15) is 6.33 Å². The number of aromatic nitrogens is 3. The predicted molar refractivity (Wildman–Crippen MR) is 84.1 cm³/mol. The molecule has 0 aliphatic carbocycles. The third-order valence-electron chi connectivity index (χ3n) is 3.76. The topological polar surface area (TPSA) is 46.0 Å². The quantitative estimate of drug-likeness (QED) is 0.939. The highest BCUT2D eigenvalue weighted by atomic mass is 15.3. The van der Waals surface area contributed by atoms with Crippen molar-refractivity contribution in [3.8, 4) is 0 Å². The first-order valence-corrected chi connectivity index (χ1v) is 7.47. The van der Waals surface area contributed by atoms with Crippen LogP contribution in [0.5, 0.6) is 0 Å². The molecule has 0 atom stereocenters. The lowest BCUT2D eigenvalue weighted by atomic mass is 10.1. The summed E-state index contributed by atoms with van der Waals surface area (Å²) in [6.07, 6.45) is 1.81. The zero-order valence-electron chi connectivity index (χ0n) is 13.0. The van der Waals surface area contributed by atoms with Crippen LogP contribution >= 0.6 is 0 Å². The second kappa shape index (κ2) is 5.48. The minimum absolute atomic E-state index is 0.148. The Kier molecular flexibility index (Phi) is 3.68. The van der Waals surface area contributed by atoms with Crippen LogP contribution in [0.3, 0.4) is 0 Å². The van der Waals surface area contributed by atoms with Crippen molar-refractivity contribution in [2.75, 3.05) is 11.4 Å². The highest BCUT2D eigenvalue weighted by Crippen LogP contribution is 2.20. The van der Waals surface area contributed by atoms with E-state index in [0.717, 1.165) is 32.0 Å². The van der Waals surface area contributed by atoms with Crippen LogP contribution in [0.4, 0.5) is 5.69 Å². The number of nitrogens with one attached hydrogen (secondary N) is 1. The largest absolute Gasteiger partial charge is 0.362 e. The van der Waals surface area contributed by atoms with E-state index >= 15 is 0 Å². The molecule has 0 unspecified atom stereocenters. The van der Waals surface area contributed by atoms with Crippen LogP contribution in [0.25, 0.3) is 0 Å². The minimum atomic E-state index is 0.148. The molecule has 112 valence electrons. The molecule has 5 nitrogen and oxygen atoms in total. The number of anilines is 1. The smallest absolute Gasteiger partial charge is 0.152 e. The van der Waals surface area contributed by atoms with Crippen LogP contribution in [0.15, 0.2) is 30.6 Å². The van der Waals surface area contributed by atoms with Gasteiger partial charge in [-0.3, -0.25) is 0 Å². The maximum atomic E-state index is 4.17. The van der Waals surface area contributed by atoms with Crippen molar-refractivity contribution in [2.24, 2.45) is 0 Å². The summed E-state index contributed by atoms with van der Waals surface area (Å²) in [5.41, 5.74) is 2.72. The number of nitrogens with zero attached hydrogens (tertiary/aromatic N) is 4. The Balaban J connectivity index is 1.65. The number of benzene rings is 1. The lowest BCUT2D eigenvalue weighted by Gasteiger charge is -2.29. The number of hydrogen-bond acceptors (Lipinski definition) is 4. The van der Waals surface area contributed by atoms with Gasteiger partial charge >= 0.3 is 0 Å². The van der Waals surface area contributed by atoms with E-state index in [2.05, 4.69) is 70.0 Å². The fourth-order valence-corrected chi connectivity index (χ4v) is 2.48. The Morgan fingerprint density at radius 2 is 1.90 bits per heavy atom. The first kappa shape index (κ1) is 14.1. The molecule has 2 heterocycles. The average Bonchev–Trinajstić information content (AvgIpc) is 2.92. The number of rotatable bonds is 3. The molecule has 0 saturated carbocycles. The van der Waals surface area contributed by atoms with Gasteiger partial charge in [-0.1, -0.05) is 12.1 Å². The Morgan fingerprint density at radius 1 is 1.14 bits per heavy atom. The Morgan fingerprint density at radius 3 is 2.62 bits per heavy atom. The first-order chi connectivity index (χ1) is 10.0. The number of fused-ring (bicyclic) bond motifs is 1. The second-order valence-corrected chi connectivity index (χ2v) is 6.63. The first-order valence-electron chi connectivity index (χ1n) is 7.47. The van der Waals surface area contributed by atoms with E-state index in [9.17, 15) is 0 Å². The molecule has 3 rings (SSSR count). The van der Waals surface area contributed by atoms with Crippen molar-refractivity contribution in [1.82, 2.24) is 20.1 Å². The lowest BCUT2D eigenvalue weighted by molar-refractivity contribution is 0.424. The standard InChI is InChI=1S/C16H23N5/c1-16(2,3)17-10-13-4-6-14(7-5-13)20-8-9-21-12-18-19-15(21)11-20/h4-7,12,17H,8-11H2,1-3H3. The van der Waals surface area contributed by atoms with Crippen LogP contribution < -0.4 is 10.2 Å². The van der Waals surface area contributed by atoms with Gasteiger partial charge in [-0.25, -0.2) is 0 Å². The van der Waals surface area contributed by atoms with E-state index in [1.807, 2.05) is 6.33 Å². The summed E-state index contributed by atoms with van der Waals surface area (Å²) in [6.45, 7) is 10.2. The highest BCUT2D eigenvalue weighted by molar-refractivity contribution is 5.48. The van der Waals surface area contributed by atoms with Crippen molar-refractivity contribution in [3.63, 3.8) is 0 Å². The van der Waals surface area contributed by atoms with Crippen molar-refractivity contribution in [1.29, 1.82) is 0 Å². The monoisotopic (exact) mass is 285 g/mol. The summed E-state index contributed by atoms with van der Waals surface area (Å²) in [4.78, 5) is 2.35. The van der Waals surface area contributed by atoms with Crippen LogP contribution in [0, 0.1) is 0 Å². The molecular weight excluding hydrogens is 262 g/mol. The third kappa shape index (κ3) is 3.42. The SMILES string of the molecule is CC(C)(C)NCc1ccc(N2CCn3cnnc3C2)cc1. The van der Waals surface area contributed by atoms with E-state index in [4.69, 9.17) is 0 Å². The van der Waals surface area contributed by atoms with E-state index in [0.29, 0.717) is 0 Å². The minimum Gasteiger partial charge on any atom is -0.362 e. The summed E-state index contributed by atoms with van der Waals surface area (Å²) in [6, 6.07) is 8.80. The summed E-state index contributed by atoms with van der Waals surface area (Å²) in [5, 5.41) is 11.7. The van der Waals surface area contributed by atoms with Gasteiger partial charge in [0.2, 0.25) is 0 Å². The molecule has 1 aromatic heterocycles. The van der Waals surface area contributed by atoms with Gasteiger partial charge in [0.15, 0.2) is 5.82 Å². The van der Waals surface area contributed by atoms with Gasteiger partial charge in [0, 0.05) is 30.9 Å². The van der Waals surface area contributed by atoms with E-state index < -0.39 is 0 Å². The molecule has 0 radical (unpaired) electrons. The molecule has 0 fully saturated rings. The fraction of sp³-hybridized carbons (Fsp3) is 0.500. The molecule has 1 aromatic carbocycles. The third-order valence-corrected chi connectivity index (χ3v) is 3.76. The number of hydrogen-bond donors (Lipinski definition) is 1. The molecule has 0 saturated heterocycles. The van der Waals surface area contributed by atoms with E-state index in [1.54, 1.807) is 0 Å². The average molecular weight is 285 g/mol. The normalized spacial score (nSPS) is 15.1. The van der Waals surface area contributed by atoms with Gasteiger partial charge in [-0.15, -0.1) is 10.2 Å². The maximum Gasteiger partial charge on any atom is 0.152 e. The summed E-state index contributed by atoms with van der Waals surface area (Å²) < 4.78 is 2.12. The lowest BCUT2D eigenvalue weighted by Crippen LogP contribution is -2.35. The molecule has 2 aromatic rings. The second-order valence-electron chi connectivity index (χ2n) is 6.63. The van der Waals surface area contributed by atoms with Crippen LogP contribution in [-0.2, 0) is 19.6 Å². The molecule has 0 spiro atoms. The Labute approximate surface area is 126 Å². The molecular formula is C16H23N5. The van der Waals surface area contributed by atoms with Crippen molar-refractivity contribution >= 4 is 5.69 Å². The molecule has 5 heteroatoms. The van der Waals surface area contributed by atoms with Gasteiger partial charge < -0.3 is 14.8 Å². The van der Waals surface area contributed by atoms with Crippen molar-refractivity contribution < 1.29 is 0 Å². The Bertz CT molecular complexity index is 594. The van der Waals surface area contributed by atoms with Gasteiger partial charge in [0.25, 0.3) is 0 Å². The molecule has 0 amide bonds. The fourth-order valence-electron chi connectivity index (χ4n) is 2.48. The molecule has 1 aliphatic rings. The zero-order chi connectivity index (χ0) is 14.9. The summed E-state index contributed by atoms with van der Waals surface area (Å²) in [5.74, 6) is 1.04. The van der Waals surface area contributed by atoms with Gasteiger partial charge in [0.05, 0.1) is 6.54 Å². The van der Waals surface area contributed by atoms with Gasteiger partial charge in [-0.05, 0) is 38.5 Å². The maximum absolute atomic E-state index is 4.17.